The first-order valence-electron chi connectivity index (χ1n) is 12.1. The van der Waals surface area contributed by atoms with E-state index >= 15 is 0 Å². The van der Waals surface area contributed by atoms with E-state index in [1.54, 1.807) is 36.4 Å². The van der Waals surface area contributed by atoms with E-state index in [-0.39, 0.29) is 67.8 Å². The van der Waals surface area contributed by atoms with Crippen LogP contribution >= 0.6 is 0 Å². The van der Waals surface area contributed by atoms with E-state index in [1.807, 2.05) is 18.2 Å². The Hall–Kier alpha value is -2.59. The van der Waals surface area contributed by atoms with Crippen molar-refractivity contribution in [2.24, 2.45) is 0 Å². The van der Waals surface area contributed by atoms with Gasteiger partial charge in [0.25, 0.3) is 15.9 Å². The minimum Gasteiger partial charge on any atom is -0.323 e. The number of sulfonamides is 1. The summed E-state index contributed by atoms with van der Waals surface area (Å²) in [5.41, 5.74) is 5.19. The van der Waals surface area contributed by atoms with E-state index in [2.05, 4.69) is 59.5 Å². The van der Waals surface area contributed by atoms with Crippen LogP contribution in [0.15, 0.2) is 108 Å². The third kappa shape index (κ3) is 6.17. The number of rotatable bonds is 7. The van der Waals surface area contributed by atoms with Crippen molar-refractivity contribution in [1.82, 2.24) is 14.3 Å². The van der Waals surface area contributed by atoms with Crippen LogP contribution in [0.2, 0.25) is 0 Å². The van der Waals surface area contributed by atoms with Gasteiger partial charge >= 0.3 is 51.4 Å². The number of carbonyl (C=O) groups is 1. The van der Waals surface area contributed by atoms with Crippen LogP contribution in [0.5, 0.6) is 0 Å². The molecule has 0 aliphatic heterocycles. The summed E-state index contributed by atoms with van der Waals surface area (Å²) in [6.07, 6.45) is 0. The first kappa shape index (κ1) is 28.4. The fourth-order valence-corrected chi connectivity index (χ4v) is 5.34. The van der Waals surface area contributed by atoms with Crippen LogP contribution in [0.1, 0.15) is 41.5 Å². The van der Waals surface area contributed by atoms with Crippen LogP contribution in [0.4, 0.5) is 0 Å². The minimum absolute atomic E-state index is 0. The van der Waals surface area contributed by atoms with Crippen molar-refractivity contribution in [3.8, 4) is 11.1 Å². The van der Waals surface area contributed by atoms with Crippen LogP contribution in [0.3, 0.4) is 0 Å². The maximum Gasteiger partial charge on any atom is 1.00 e. The molecule has 0 atom stereocenters. The molecule has 38 heavy (non-hydrogen) atoms. The fraction of sp³-hybridized carbons (Fsp3) is 0.133. The van der Waals surface area contributed by atoms with E-state index < -0.39 is 15.9 Å². The SMILES string of the molecule is CC(C)c1nc2ccc(C(=O)NS(=O)(=O)c3ccccc3)cc2n1Cc1ccc(-c2ccccc2)cc1.[K+]. The molecular formula is C30H27KN3O3S+. The molecule has 1 heterocycles. The molecule has 1 amide bonds. The largest absolute Gasteiger partial charge is 1.00 e. The second kappa shape index (κ2) is 12.1. The Morgan fingerprint density at radius 3 is 2.08 bits per heavy atom. The van der Waals surface area contributed by atoms with Crippen molar-refractivity contribution in [3.63, 3.8) is 0 Å². The van der Waals surface area contributed by atoms with Crippen LogP contribution < -0.4 is 56.1 Å². The quantitative estimate of drug-likeness (QED) is 0.317. The molecule has 0 aliphatic rings. The predicted octanol–water partition coefficient (Wildman–Crippen LogP) is 3.00. The zero-order valence-electron chi connectivity index (χ0n) is 21.6. The maximum atomic E-state index is 12.9. The number of nitrogens with one attached hydrogen (secondary N) is 1. The molecule has 8 heteroatoms. The van der Waals surface area contributed by atoms with Crippen molar-refractivity contribution in [3.05, 3.63) is 120 Å². The van der Waals surface area contributed by atoms with Gasteiger partial charge in [0, 0.05) is 18.0 Å². The van der Waals surface area contributed by atoms with Crippen molar-refractivity contribution in [1.29, 1.82) is 0 Å². The third-order valence-corrected chi connectivity index (χ3v) is 7.59. The van der Waals surface area contributed by atoms with Gasteiger partial charge in [0.05, 0.1) is 15.9 Å². The van der Waals surface area contributed by atoms with Gasteiger partial charge in [-0.1, -0.05) is 86.6 Å². The molecule has 1 aromatic heterocycles. The van der Waals surface area contributed by atoms with E-state index in [4.69, 9.17) is 4.98 Å². The number of benzene rings is 4. The van der Waals surface area contributed by atoms with Gasteiger partial charge in [-0.25, -0.2) is 18.1 Å². The van der Waals surface area contributed by atoms with Crippen molar-refractivity contribution >= 4 is 27.0 Å². The van der Waals surface area contributed by atoms with Gasteiger partial charge in [-0.05, 0) is 47.0 Å². The molecule has 186 valence electrons. The Bertz CT molecular complexity index is 1670. The van der Waals surface area contributed by atoms with Gasteiger partial charge in [0.15, 0.2) is 0 Å². The molecule has 0 unspecified atom stereocenters. The number of nitrogens with zero attached hydrogens (tertiary/aromatic N) is 2. The number of hydrogen-bond donors (Lipinski definition) is 1. The Labute approximate surface area is 265 Å². The number of hydrogen-bond acceptors (Lipinski definition) is 4. The van der Waals surface area contributed by atoms with Gasteiger partial charge in [0.2, 0.25) is 0 Å². The number of fused-ring (bicyclic) bond motifs is 1. The summed E-state index contributed by atoms with van der Waals surface area (Å²) < 4.78 is 29.6. The Balaban J connectivity index is 0.00000336. The Morgan fingerprint density at radius 1 is 0.842 bits per heavy atom. The van der Waals surface area contributed by atoms with Gasteiger partial charge in [-0.2, -0.15) is 0 Å². The monoisotopic (exact) mass is 548 g/mol. The molecule has 0 saturated carbocycles. The maximum absolute atomic E-state index is 12.9. The van der Waals surface area contributed by atoms with Crippen LogP contribution in [-0.2, 0) is 16.6 Å². The van der Waals surface area contributed by atoms with Crippen molar-refractivity contribution in [2.75, 3.05) is 0 Å². The summed E-state index contributed by atoms with van der Waals surface area (Å²) in [6, 6.07) is 31.5. The zero-order valence-corrected chi connectivity index (χ0v) is 25.6. The molecule has 5 aromatic rings. The first-order valence-corrected chi connectivity index (χ1v) is 13.6. The number of aromatic nitrogens is 2. The second-order valence-electron chi connectivity index (χ2n) is 9.22. The number of amides is 1. The predicted molar refractivity (Wildman–Crippen MR) is 146 cm³/mol. The van der Waals surface area contributed by atoms with Gasteiger partial charge in [-0.15, -0.1) is 0 Å². The van der Waals surface area contributed by atoms with E-state index in [0.717, 1.165) is 33.5 Å². The molecule has 5 rings (SSSR count). The molecular weight excluding hydrogens is 522 g/mol. The zero-order chi connectivity index (χ0) is 26.0. The number of carbonyl (C=O) groups excluding carboxylic acids is 1. The molecule has 0 saturated heterocycles. The summed E-state index contributed by atoms with van der Waals surface area (Å²) in [7, 11) is -3.98. The molecule has 1 N–H and O–H groups in total. The summed E-state index contributed by atoms with van der Waals surface area (Å²) in [5.74, 6) is 0.375. The third-order valence-electron chi connectivity index (χ3n) is 6.24. The normalized spacial score (nSPS) is 11.3. The first-order chi connectivity index (χ1) is 17.8. The smallest absolute Gasteiger partial charge is 0.323 e. The van der Waals surface area contributed by atoms with E-state index in [0.29, 0.717) is 6.54 Å². The molecule has 4 aromatic carbocycles. The van der Waals surface area contributed by atoms with Crippen LogP contribution in [0.25, 0.3) is 22.2 Å². The van der Waals surface area contributed by atoms with Crippen molar-refractivity contribution in [2.45, 2.75) is 31.2 Å². The summed E-state index contributed by atoms with van der Waals surface area (Å²) in [6.45, 7) is 4.74. The molecule has 0 aliphatic carbocycles. The summed E-state index contributed by atoms with van der Waals surface area (Å²) >= 11 is 0. The standard InChI is InChI=1S/C30H27N3O3S.K/c1-21(2)29-31-27-18-17-25(30(34)32-37(35,36)26-11-7-4-8-12-26)19-28(27)33(29)20-22-13-15-24(16-14-22)23-9-5-3-6-10-23;/h3-19,21H,20H2,1-2H3,(H,32,34);/q;+1. The summed E-state index contributed by atoms with van der Waals surface area (Å²) in [5, 5.41) is 0. The molecule has 0 bridgehead atoms. The fourth-order valence-electron chi connectivity index (χ4n) is 4.34. The van der Waals surface area contributed by atoms with Crippen LogP contribution in [0, 0.1) is 0 Å². The van der Waals surface area contributed by atoms with Crippen LogP contribution in [-0.4, -0.2) is 23.9 Å². The average Bonchev–Trinajstić information content (AvgIpc) is 3.28. The van der Waals surface area contributed by atoms with Gasteiger partial charge in [-0.3, -0.25) is 4.79 Å². The Morgan fingerprint density at radius 2 is 1.45 bits per heavy atom. The number of imidazole rings is 1. The molecule has 6 nitrogen and oxygen atoms in total. The van der Waals surface area contributed by atoms with E-state index in [9.17, 15) is 13.2 Å². The van der Waals surface area contributed by atoms with Crippen molar-refractivity contribution < 1.29 is 64.6 Å². The van der Waals surface area contributed by atoms with Gasteiger partial charge < -0.3 is 4.57 Å². The van der Waals surface area contributed by atoms with Gasteiger partial charge in [0.1, 0.15) is 5.82 Å². The summed E-state index contributed by atoms with van der Waals surface area (Å²) in [4.78, 5) is 17.8. The molecule has 0 spiro atoms. The molecule has 0 radical (unpaired) electrons. The average molecular weight is 549 g/mol. The topological polar surface area (TPSA) is 81.1 Å². The van der Waals surface area contributed by atoms with E-state index in [1.165, 1.54) is 12.1 Å². The Kier molecular flexibility index (Phi) is 9.02. The second-order valence-corrected chi connectivity index (χ2v) is 10.9. The minimum atomic E-state index is -3.98. The molecule has 0 fully saturated rings.